The van der Waals surface area contributed by atoms with Crippen molar-refractivity contribution < 1.29 is 5.11 Å². The molecule has 0 aliphatic heterocycles. The Morgan fingerprint density at radius 3 is 2.78 bits per heavy atom. The molecular formula is C12H19N5O. The van der Waals surface area contributed by atoms with Crippen LogP contribution in [-0.2, 0) is 13.6 Å². The van der Waals surface area contributed by atoms with Crippen LogP contribution in [0.3, 0.4) is 0 Å². The third-order valence-electron chi connectivity index (χ3n) is 2.84. The van der Waals surface area contributed by atoms with Gasteiger partial charge in [-0.1, -0.05) is 6.92 Å². The molecule has 0 amide bonds. The summed E-state index contributed by atoms with van der Waals surface area (Å²) in [7, 11) is 1.91. The van der Waals surface area contributed by atoms with Gasteiger partial charge >= 0.3 is 0 Å². The highest BCUT2D eigenvalue weighted by atomic mass is 16.3. The van der Waals surface area contributed by atoms with Crippen LogP contribution in [0.2, 0.25) is 0 Å². The van der Waals surface area contributed by atoms with E-state index in [2.05, 4.69) is 22.4 Å². The van der Waals surface area contributed by atoms with Gasteiger partial charge in [0.25, 0.3) is 0 Å². The second kappa shape index (κ2) is 5.68. The molecule has 6 heteroatoms. The van der Waals surface area contributed by atoms with Gasteiger partial charge in [0.1, 0.15) is 0 Å². The summed E-state index contributed by atoms with van der Waals surface area (Å²) >= 11 is 0. The second-order valence-corrected chi connectivity index (χ2v) is 4.27. The van der Waals surface area contributed by atoms with Crippen molar-refractivity contribution in [2.75, 3.05) is 11.9 Å². The maximum atomic E-state index is 8.85. The first kappa shape index (κ1) is 12.6. The van der Waals surface area contributed by atoms with Gasteiger partial charge in [-0.15, -0.1) is 0 Å². The van der Waals surface area contributed by atoms with Gasteiger partial charge in [0.2, 0.25) is 0 Å². The van der Waals surface area contributed by atoms with Crippen LogP contribution in [0.25, 0.3) is 0 Å². The van der Waals surface area contributed by atoms with Crippen LogP contribution in [0, 0.1) is 0 Å². The SMILES string of the molecule is CCC(Nc1cnn(CCO)c1)c1cnn(C)c1. The lowest BCUT2D eigenvalue weighted by Gasteiger charge is -2.14. The Balaban J connectivity index is 2.05. The molecule has 2 rings (SSSR count). The van der Waals surface area contributed by atoms with Gasteiger partial charge in [0, 0.05) is 25.0 Å². The van der Waals surface area contributed by atoms with E-state index in [-0.39, 0.29) is 12.6 Å². The third-order valence-corrected chi connectivity index (χ3v) is 2.84. The Labute approximate surface area is 106 Å². The molecule has 2 aromatic rings. The Kier molecular flexibility index (Phi) is 3.99. The fourth-order valence-electron chi connectivity index (χ4n) is 1.91. The van der Waals surface area contributed by atoms with Gasteiger partial charge in [-0.3, -0.25) is 9.36 Å². The number of aryl methyl sites for hydroxylation is 1. The number of hydrogen-bond donors (Lipinski definition) is 2. The Morgan fingerprint density at radius 1 is 1.33 bits per heavy atom. The molecule has 0 aromatic carbocycles. The highest BCUT2D eigenvalue weighted by Gasteiger charge is 2.11. The molecule has 0 aliphatic carbocycles. The predicted molar refractivity (Wildman–Crippen MR) is 69.2 cm³/mol. The normalized spacial score (nSPS) is 12.6. The van der Waals surface area contributed by atoms with E-state index in [1.165, 1.54) is 0 Å². The zero-order valence-corrected chi connectivity index (χ0v) is 10.7. The van der Waals surface area contributed by atoms with E-state index in [0.717, 1.165) is 17.7 Å². The van der Waals surface area contributed by atoms with Crippen molar-refractivity contribution in [1.82, 2.24) is 19.6 Å². The van der Waals surface area contributed by atoms with Crippen LogP contribution in [0.5, 0.6) is 0 Å². The predicted octanol–water partition coefficient (Wildman–Crippen LogP) is 1.17. The fourth-order valence-corrected chi connectivity index (χ4v) is 1.91. The Bertz CT molecular complexity index is 490. The molecule has 0 saturated heterocycles. The number of nitrogens with one attached hydrogen (secondary N) is 1. The average molecular weight is 249 g/mol. The molecular weight excluding hydrogens is 230 g/mol. The molecule has 0 spiro atoms. The Morgan fingerprint density at radius 2 is 2.17 bits per heavy atom. The van der Waals surface area contributed by atoms with Crippen LogP contribution in [-0.4, -0.2) is 31.3 Å². The lowest BCUT2D eigenvalue weighted by Crippen LogP contribution is -2.08. The highest BCUT2D eigenvalue weighted by Crippen LogP contribution is 2.21. The maximum absolute atomic E-state index is 8.85. The number of aliphatic hydroxyl groups is 1. The summed E-state index contributed by atoms with van der Waals surface area (Å²) in [6.07, 6.45) is 8.53. The first-order valence-electron chi connectivity index (χ1n) is 6.11. The first-order valence-corrected chi connectivity index (χ1v) is 6.11. The minimum absolute atomic E-state index is 0.0981. The third kappa shape index (κ3) is 2.89. The Hall–Kier alpha value is -1.82. The van der Waals surface area contributed by atoms with E-state index in [0.29, 0.717) is 6.54 Å². The van der Waals surface area contributed by atoms with Crippen molar-refractivity contribution in [3.8, 4) is 0 Å². The lowest BCUT2D eigenvalue weighted by molar-refractivity contribution is 0.269. The minimum atomic E-state index is 0.0981. The molecule has 1 atom stereocenters. The van der Waals surface area contributed by atoms with E-state index in [1.54, 1.807) is 15.6 Å². The molecule has 98 valence electrons. The largest absolute Gasteiger partial charge is 0.394 e. The van der Waals surface area contributed by atoms with Crippen LogP contribution in [0.15, 0.2) is 24.8 Å². The highest BCUT2D eigenvalue weighted by molar-refractivity contribution is 5.41. The lowest BCUT2D eigenvalue weighted by atomic mass is 10.1. The van der Waals surface area contributed by atoms with E-state index in [1.807, 2.05) is 25.6 Å². The smallest absolute Gasteiger partial charge is 0.0731 e. The summed E-state index contributed by atoms with van der Waals surface area (Å²) in [6.45, 7) is 2.75. The van der Waals surface area contributed by atoms with Gasteiger partial charge < -0.3 is 10.4 Å². The molecule has 18 heavy (non-hydrogen) atoms. The van der Waals surface area contributed by atoms with Gasteiger partial charge in [-0.05, 0) is 6.42 Å². The van der Waals surface area contributed by atoms with Crippen molar-refractivity contribution in [3.63, 3.8) is 0 Å². The van der Waals surface area contributed by atoms with Gasteiger partial charge in [0.05, 0.1) is 37.3 Å². The van der Waals surface area contributed by atoms with Crippen LogP contribution >= 0.6 is 0 Å². The molecule has 1 unspecified atom stereocenters. The van der Waals surface area contributed by atoms with E-state index >= 15 is 0 Å². The minimum Gasteiger partial charge on any atom is -0.394 e. The quantitative estimate of drug-likeness (QED) is 0.806. The number of aromatic nitrogens is 4. The number of aliphatic hydroxyl groups excluding tert-OH is 1. The molecule has 0 bridgehead atoms. The zero-order chi connectivity index (χ0) is 13.0. The fraction of sp³-hybridized carbons (Fsp3) is 0.500. The molecule has 2 heterocycles. The number of nitrogens with zero attached hydrogens (tertiary/aromatic N) is 4. The summed E-state index contributed by atoms with van der Waals surface area (Å²) in [5.74, 6) is 0. The van der Waals surface area contributed by atoms with Crippen molar-refractivity contribution >= 4 is 5.69 Å². The van der Waals surface area contributed by atoms with Crippen molar-refractivity contribution in [1.29, 1.82) is 0 Å². The van der Waals surface area contributed by atoms with Crippen molar-refractivity contribution in [2.24, 2.45) is 7.05 Å². The summed E-state index contributed by atoms with van der Waals surface area (Å²) < 4.78 is 3.52. The monoisotopic (exact) mass is 249 g/mol. The summed E-state index contributed by atoms with van der Waals surface area (Å²) in [5.41, 5.74) is 2.12. The van der Waals surface area contributed by atoms with Crippen LogP contribution < -0.4 is 5.32 Å². The maximum Gasteiger partial charge on any atom is 0.0731 e. The molecule has 0 aliphatic rings. The molecule has 2 N–H and O–H groups in total. The van der Waals surface area contributed by atoms with Gasteiger partial charge in [-0.25, -0.2) is 0 Å². The topological polar surface area (TPSA) is 67.9 Å². The van der Waals surface area contributed by atoms with Crippen LogP contribution in [0.1, 0.15) is 24.9 Å². The van der Waals surface area contributed by atoms with Crippen molar-refractivity contribution in [3.05, 3.63) is 30.4 Å². The number of rotatable bonds is 6. The standard InChI is InChI=1S/C12H19N5O/c1-3-12(10-6-13-16(2)8-10)15-11-7-14-17(9-11)4-5-18/h6-9,12,15,18H,3-5H2,1-2H3. The summed E-state index contributed by atoms with van der Waals surface area (Å²) in [4.78, 5) is 0. The molecule has 0 fully saturated rings. The second-order valence-electron chi connectivity index (χ2n) is 4.27. The first-order chi connectivity index (χ1) is 8.72. The van der Waals surface area contributed by atoms with Gasteiger partial charge in [-0.2, -0.15) is 10.2 Å². The van der Waals surface area contributed by atoms with Crippen molar-refractivity contribution in [2.45, 2.75) is 25.9 Å². The molecule has 6 nitrogen and oxygen atoms in total. The van der Waals surface area contributed by atoms with E-state index in [4.69, 9.17) is 5.11 Å². The summed E-state index contributed by atoms with van der Waals surface area (Å²) in [5, 5.41) is 20.6. The number of anilines is 1. The van der Waals surface area contributed by atoms with Gasteiger partial charge in [0.15, 0.2) is 0 Å². The van der Waals surface area contributed by atoms with E-state index in [9.17, 15) is 0 Å². The number of hydrogen-bond acceptors (Lipinski definition) is 4. The summed E-state index contributed by atoms with van der Waals surface area (Å²) in [6, 6.07) is 0.227. The molecule has 0 saturated carbocycles. The molecule has 0 radical (unpaired) electrons. The van der Waals surface area contributed by atoms with E-state index < -0.39 is 0 Å². The molecule has 2 aromatic heterocycles. The average Bonchev–Trinajstić information content (AvgIpc) is 2.96. The zero-order valence-electron chi connectivity index (χ0n) is 10.7. The van der Waals surface area contributed by atoms with Crippen LogP contribution in [0.4, 0.5) is 5.69 Å².